The lowest BCUT2D eigenvalue weighted by Crippen LogP contribution is -2.29. The summed E-state index contributed by atoms with van der Waals surface area (Å²) in [4.78, 5) is 23.0. The van der Waals surface area contributed by atoms with E-state index in [1.807, 2.05) is 12.1 Å². The largest absolute Gasteiger partial charge is 0.479 e. The molecule has 5 nitrogen and oxygen atoms in total. The first-order chi connectivity index (χ1) is 8.99. The molecule has 1 heterocycles. The van der Waals surface area contributed by atoms with Gasteiger partial charge in [0.05, 0.1) is 3.79 Å². The number of hydrogen-bond donors (Lipinski definition) is 3. The summed E-state index contributed by atoms with van der Waals surface area (Å²) in [7, 11) is 0. The van der Waals surface area contributed by atoms with Gasteiger partial charge < -0.3 is 15.5 Å². The minimum Gasteiger partial charge on any atom is -0.479 e. The summed E-state index contributed by atoms with van der Waals surface area (Å²) in [6.45, 7) is 0.177. The Hall–Kier alpha value is -0.920. The highest BCUT2D eigenvalue weighted by Gasteiger charge is 2.12. The molecule has 0 fully saturated rings. The Morgan fingerprint density at radius 1 is 1.42 bits per heavy atom. The van der Waals surface area contributed by atoms with E-state index in [0.29, 0.717) is 6.42 Å². The van der Waals surface area contributed by atoms with E-state index in [0.717, 1.165) is 16.6 Å². The van der Waals surface area contributed by atoms with Crippen molar-refractivity contribution in [3.8, 4) is 0 Å². The van der Waals surface area contributed by atoms with Gasteiger partial charge in [-0.3, -0.25) is 4.79 Å². The average Bonchev–Trinajstić information content (AvgIpc) is 2.74. The summed E-state index contributed by atoms with van der Waals surface area (Å²) in [6, 6.07) is 4.00. The third kappa shape index (κ3) is 6.70. The highest BCUT2D eigenvalue weighted by molar-refractivity contribution is 9.11. The van der Waals surface area contributed by atoms with Crippen molar-refractivity contribution in [3.05, 3.63) is 20.8 Å². The van der Waals surface area contributed by atoms with E-state index in [1.165, 1.54) is 4.88 Å². The molecule has 106 valence electrons. The van der Waals surface area contributed by atoms with Crippen molar-refractivity contribution < 1.29 is 19.8 Å². The Bertz CT molecular complexity index is 435. The summed E-state index contributed by atoms with van der Waals surface area (Å²) in [6.07, 6.45) is 0.614. The maximum absolute atomic E-state index is 11.4. The quantitative estimate of drug-likeness (QED) is 0.667. The molecule has 0 aliphatic heterocycles. The third-order valence-corrected chi connectivity index (χ3v) is 4.16. The lowest BCUT2D eigenvalue weighted by molar-refractivity contribution is -0.147. The van der Waals surface area contributed by atoms with Crippen molar-refractivity contribution in [3.63, 3.8) is 0 Å². The fourth-order valence-electron chi connectivity index (χ4n) is 1.47. The maximum atomic E-state index is 11.4. The van der Waals surface area contributed by atoms with Crippen LogP contribution in [0.25, 0.3) is 0 Å². The number of carbonyl (C=O) groups excluding carboxylic acids is 1. The van der Waals surface area contributed by atoms with Crippen LogP contribution < -0.4 is 5.32 Å². The van der Waals surface area contributed by atoms with Crippen LogP contribution in [-0.2, 0) is 16.0 Å². The van der Waals surface area contributed by atoms with Gasteiger partial charge in [-0.1, -0.05) is 0 Å². The molecule has 0 aromatic carbocycles. The van der Waals surface area contributed by atoms with Crippen LogP contribution in [0.2, 0.25) is 0 Å². The van der Waals surface area contributed by atoms with Crippen molar-refractivity contribution in [2.24, 2.45) is 0 Å². The second kappa shape index (κ2) is 8.29. The molecule has 0 radical (unpaired) electrons. The Labute approximate surface area is 123 Å². The minimum atomic E-state index is -1.41. The van der Waals surface area contributed by atoms with E-state index in [2.05, 4.69) is 21.2 Å². The van der Waals surface area contributed by atoms with Gasteiger partial charge in [-0.05, 0) is 40.9 Å². The number of amides is 1. The molecule has 0 saturated carbocycles. The zero-order chi connectivity index (χ0) is 14.3. The van der Waals surface area contributed by atoms with Crippen molar-refractivity contribution in [1.29, 1.82) is 0 Å². The van der Waals surface area contributed by atoms with Gasteiger partial charge in [-0.25, -0.2) is 4.79 Å². The molecule has 3 N–H and O–H groups in total. The summed E-state index contributed by atoms with van der Waals surface area (Å²) >= 11 is 5.03. The first-order valence-corrected chi connectivity index (χ1v) is 7.52. The molecular weight excluding hydrogens is 334 g/mol. The number of carboxylic acid groups (broad SMARTS) is 1. The van der Waals surface area contributed by atoms with E-state index < -0.39 is 12.1 Å². The normalized spacial score (nSPS) is 12.1. The van der Waals surface area contributed by atoms with Gasteiger partial charge in [0, 0.05) is 24.3 Å². The maximum Gasteiger partial charge on any atom is 0.332 e. The molecule has 1 atom stereocenters. The van der Waals surface area contributed by atoms with Gasteiger partial charge in [0.25, 0.3) is 0 Å². The highest BCUT2D eigenvalue weighted by atomic mass is 79.9. The predicted octanol–water partition coefficient (Wildman–Crippen LogP) is 1.79. The minimum absolute atomic E-state index is 0.0267. The van der Waals surface area contributed by atoms with Gasteiger partial charge >= 0.3 is 5.97 Å². The van der Waals surface area contributed by atoms with E-state index in [4.69, 9.17) is 10.2 Å². The number of thiophene rings is 1. The summed E-state index contributed by atoms with van der Waals surface area (Å²) in [5.74, 6) is -1.38. The predicted molar refractivity (Wildman–Crippen MR) is 76.2 cm³/mol. The van der Waals surface area contributed by atoms with Gasteiger partial charge in [-0.15, -0.1) is 11.3 Å². The number of hydrogen-bond acceptors (Lipinski definition) is 4. The van der Waals surface area contributed by atoms with Crippen LogP contribution in [0.3, 0.4) is 0 Å². The summed E-state index contributed by atoms with van der Waals surface area (Å²) < 4.78 is 1.08. The lowest BCUT2D eigenvalue weighted by Gasteiger charge is -2.07. The SMILES string of the molecule is O=C(CCCc1ccc(Br)s1)NCCC(O)C(=O)O. The molecule has 1 amide bonds. The Morgan fingerprint density at radius 2 is 2.16 bits per heavy atom. The average molecular weight is 350 g/mol. The number of rotatable bonds is 8. The third-order valence-electron chi connectivity index (χ3n) is 2.48. The Morgan fingerprint density at radius 3 is 2.74 bits per heavy atom. The Balaban J connectivity index is 2.10. The number of carboxylic acids is 1. The summed E-state index contributed by atoms with van der Waals surface area (Å²) in [5.41, 5.74) is 0. The molecule has 0 saturated heterocycles. The van der Waals surface area contributed by atoms with Crippen LogP contribution in [-0.4, -0.2) is 34.7 Å². The molecule has 0 bridgehead atoms. The zero-order valence-corrected chi connectivity index (χ0v) is 12.7. The van der Waals surface area contributed by atoms with Crippen molar-refractivity contribution >= 4 is 39.1 Å². The van der Waals surface area contributed by atoms with Gasteiger partial charge in [0.1, 0.15) is 0 Å². The van der Waals surface area contributed by atoms with Crippen LogP contribution >= 0.6 is 27.3 Å². The molecule has 1 rings (SSSR count). The topological polar surface area (TPSA) is 86.6 Å². The number of aliphatic carboxylic acids is 1. The van der Waals surface area contributed by atoms with Crippen LogP contribution in [0.5, 0.6) is 0 Å². The molecule has 1 aromatic rings. The molecule has 0 aliphatic rings. The molecular formula is C12H16BrNO4S. The van der Waals surface area contributed by atoms with Crippen molar-refractivity contribution in [1.82, 2.24) is 5.32 Å². The molecule has 1 unspecified atom stereocenters. The van der Waals surface area contributed by atoms with Gasteiger partial charge in [-0.2, -0.15) is 0 Å². The van der Waals surface area contributed by atoms with Gasteiger partial charge in [0.15, 0.2) is 6.10 Å². The number of nitrogens with one attached hydrogen (secondary N) is 1. The van der Waals surface area contributed by atoms with Crippen LogP contribution in [0.4, 0.5) is 0 Å². The van der Waals surface area contributed by atoms with Crippen molar-refractivity contribution in [2.75, 3.05) is 6.54 Å². The van der Waals surface area contributed by atoms with E-state index in [-0.39, 0.29) is 18.9 Å². The monoisotopic (exact) mass is 349 g/mol. The second-order valence-electron chi connectivity index (χ2n) is 4.05. The van der Waals surface area contributed by atoms with E-state index >= 15 is 0 Å². The first-order valence-electron chi connectivity index (χ1n) is 5.91. The highest BCUT2D eigenvalue weighted by Crippen LogP contribution is 2.23. The van der Waals surface area contributed by atoms with Crippen molar-refractivity contribution in [2.45, 2.75) is 31.8 Å². The lowest BCUT2D eigenvalue weighted by atomic mass is 10.2. The standard InChI is InChI=1S/C12H16BrNO4S/c13-10-5-4-8(19-10)2-1-3-11(16)14-7-6-9(15)12(17)18/h4-5,9,15H,1-3,6-7H2,(H,14,16)(H,17,18). The molecule has 0 aliphatic carbocycles. The Kier molecular flexibility index (Phi) is 7.04. The number of aryl methyl sites for hydroxylation is 1. The smallest absolute Gasteiger partial charge is 0.332 e. The van der Waals surface area contributed by atoms with Crippen LogP contribution in [0.15, 0.2) is 15.9 Å². The fraction of sp³-hybridized carbons (Fsp3) is 0.500. The molecule has 7 heteroatoms. The van der Waals surface area contributed by atoms with Gasteiger partial charge in [0.2, 0.25) is 5.91 Å². The van der Waals surface area contributed by atoms with E-state index in [1.54, 1.807) is 11.3 Å². The van der Waals surface area contributed by atoms with Crippen LogP contribution in [0.1, 0.15) is 24.1 Å². The molecule has 0 spiro atoms. The molecule has 1 aromatic heterocycles. The first kappa shape index (κ1) is 16.1. The number of carbonyl (C=O) groups is 2. The van der Waals surface area contributed by atoms with E-state index in [9.17, 15) is 9.59 Å². The number of halogens is 1. The van der Waals surface area contributed by atoms with Crippen LogP contribution in [0, 0.1) is 0 Å². The fourth-order valence-corrected chi connectivity index (χ4v) is 2.99. The second-order valence-corrected chi connectivity index (χ2v) is 6.60. The summed E-state index contributed by atoms with van der Waals surface area (Å²) in [5, 5.41) is 20.1. The molecule has 19 heavy (non-hydrogen) atoms. The number of aliphatic hydroxyl groups is 1. The zero-order valence-electron chi connectivity index (χ0n) is 10.3. The number of aliphatic hydroxyl groups excluding tert-OH is 1.